The standard InChI is InChI=1S/C23H24N4O2/c1-2-27-23(29)19-14-7-6-13-18(19)21(26-27)22(28)25-24-20-15-9-8-12-17(20)16-10-4-3-5-11-16/h3-7,10-11,13-14,17H,2,8-9,12,15H2,1H3,(H,25,28)/b24-20-/t17-/m0/s1. The van der Waals surface area contributed by atoms with Crippen LogP contribution in [0.25, 0.3) is 10.8 Å². The highest BCUT2D eigenvalue weighted by molar-refractivity contribution is 6.05. The normalized spacial score (nSPS) is 18.1. The smallest absolute Gasteiger partial charge is 0.267 e. The van der Waals surface area contributed by atoms with Crippen molar-refractivity contribution in [1.29, 1.82) is 0 Å². The fourth-order valence-electron chi connectivity index (χ4n) is 3.97. The summed E-state index contributed by atoms with van der Waals surface area (Å²) in [6, 6.07) is 17.4. The fourth-order valence-corrected chi connectivity index (χ4v) is 3.97. The summed E-state index contributed by atoms with van der Waals surface area (Å²) < 4.78 is 1.32. The van der Waals surface area contributed by atoms with E-state index in [-0.39, 0.29) is 17.2 Å². The summed E-state index contributed by atoms with van der Waals surface area (Å²) >= 11 is 0. The third kappa shape index (κ3) is 3.83. The number of amides is 1. The SMILES string of the molecule is CCn1nc(C(=O)N/N=C2/CCCC[C@H]2c2ccccc2)c2ccccc2c1=O. The minimum absolute atomic E-state index is 0.192. The molecule has 1 heterocycles. The third-order valence-corrected chi connectivity index (χ3v) is 5.46. The topological polar surface area (TPSA) is 76.3 Å². The van der Waals surface area contributed by atoms with E-state index in [0.717, 1.165) is 31.4 Å². The molecular weight excluding hydrogens is 364 g/mol. The van der Waals surface area contributed by atoms with E-state index in [1.54, 1.807) is 24.3 Å². The average molecular weight is 388 g/mol. The van der Waals surface area contributed by atoms with Crippen molar-refractivity contribution in [2.75, 3.05) is 0 Å². The maximum atomic E-state index is 12.9. The Morgan fingerprint density at radius 2 is 1.83 bits per heavy atom. The molecule has 6 nitrogen and oxygen atoms in total. The van der Waals surface area contributed by atoms with Gasteiger partial charge in [-0.3, -0.25) is 9.59 Å². The number of benzene rings is 2. The van der Waals surface area contributed by atoms with Crippen molar-refractivity contribution in [1.82, 2.24) is 15.2 Å². The molecule has 1 aromatic heterocycles. The Morgan fingerprint density at radius 1 is 1.10 bits per heavy atom. The first-order valence-corrected chi connectivity index (χ1v) is 10.1. The molecule has 1 aliphatic carbocycles. The molecule has 0 unspecified atom stereocenters. The summed E-state index contributed by atoms with van der Waals surface area (Å²) in [5.74, 6) is -0.173. The van der Waals surface area contributed by atoms with Crippen LogP contribution in [0.3, 0.4) is 0 Å². The summed E-state index contributed by atoms with van der Waals surface area (Å²) in [6.45, 7) is 2.23. The van der Waals surface area contributed by atoms with Gasteiger partial charge in [-0.1, -0.05) is 55.0 Å². The molecule has 0 saturated heterocycles. The predicted octanol–water partition coefficient (Wildman–Crippen LogP) is 3.86. The summed E-state index contributed by atoms with van der Waals surface area (Å²) in [4.78, 5) is 25.4. The maximum Gasteiger partial charge on any atom is 0.292 e. The van der Waals surface area contributed by atoms with Gasteiger partial charge in [0.25, 0.3) is 11.5 Å². The van der Waals surface area contributed by atoms with E-state index in [1.807, 2.05) is 25.1 Å². The Labute approximate surface area is 169 Å². The number of aromatic nitrogens is 2. The van der Waals surface area contributed by atoms with Gasteiger partial charge in [0.1, 0.15) is 0 Å². The fraction of sp³-hybridized carbons (Fsp3) is 0.304. The molecule has 148 valence electrons. The summed E-state index contributed by atoms with van der Waals surface area (Å²) in [7, 11) is 0. The molecule has 1 aliphatic rings. The molecule has 0 spiro atoms. The van der Waals surface area contributed by atoms with Crippen LogP contribution in [0.15, 0.2) is 64.5 Å². The number of hydrogen-bond donors (Lipinski definition) is 1. The van der Waals surface area contributed by atoms with Crippen LogP contribution in [0.1, 0.15) is 54.6 Å². The Bertz CT molecular complexity index is 1120. The first-order chi connectivity index (χ1) is 14.2. The highest BCUT2D eigenvalue weighted by Gasteiger charge is 2.23. The number of rotatable bonds is 4. The first kappa shape index (κ1) is 19.1. The molecule has 6 heteroatoms. The minimum atomic E-state index is -0.395. The lowest BCUT2D eigenvalue weighted by Crippen LogP contribution is -2.29. The third-order valence-electron chi connectivity index (χ3n) is 5.46. The molecule has 4 rings (SSSR count). The van der Waals surface area contributed by atoms with Gasteiger partial charge in [-0.25, -0.2) is 10.1 Å². The summed E-state index contributed by atoms with van der Waals surface area (Å²) in [6.07, 6.45) is 4.11. The molecule has 29 heavy (non-hydrogen) atoms. The number of hydrazone groups is 1. The summed E-state index contributed by atoms with van der Waals surface area (Å²) in [5, 5.41) is 9.81. The zero-order chi connectivity index (χ0) is 20.2. The van der Waals surface area contributed by atoms with Crippen molar-refractivity contribution >= 4 is 22.4 Å². The number of nitrogens with one attached hydrogen (secondary N) is 1. The largest absolute Gasteiger partial charge is 0.292 e. The average Bonchev–Trinajstić information content (AvgIpc) is 2.79. The lowest BCUT2D eigenvalue weighted by Gasteiger charge is -2.24. The Hall–Kier alpha value is -3.28. The van der Waals surface area contributed by atoms with E-state index in [9.17, 15) is 9.59 Å². The minimum Gasteiger partial charge on any atom is -0.267 e. The van der Waals surface area contributed by atoms with Gasteiger partial charge in [-0.15, -0.1) is 0 Å². The molecular formula is C23H24N4O2. The van der Waals surface area contributed by atoms with Crippen LogP contribution in [-0.4, -0.2) is 21.4 Å². The van der Waals surface area contributed by atoms with Gasteiger partial charge in [0.2, 0.25) is 0 Å². The number of fused-ring (bicyclic) bond motifs is 1. The molecule has 0 bridgehead atoms. The highest BCUT2D eigenvalue weighted by Crippen LogP contribution is 2.30. The van der Waals surface area contributed by atoms with Crippen LogP contribution in [0.4, 0.5) is 0 Å². The molecule has 1 saturated carbocycles. The van der Waals surface area contributed by atoms with E-state index in [4.69, 9.17) is 0 Å². The van der Waals surface area contributed by atoms with Crippen LogP contribution in [0, 0.1) is 0 Å². The van der Waals surface area contributed by atoms with E-state index in [2.05, 4.69) is 27.8 Å². The van der Waals surface area contributed by atoms with E-state index in [1.165, 1.54) is 10.2 Å². The van der Waals surface area contributed by atoms with Crippen LogP contribution < -0.4 is 11.0 Å². The van der Waals surface area contributed by atoms with Crippen LogP contribution in [-0.2, 0) is 6.54 Å². The maximum absolute atomic E-state index is 12.9. The molecule has 3 aromatic rings. The van der Waals surface area contributed by atoms with Crippen molar-refractivity contribution in [2.24, 2.45) is 5.10 Å². The van der Waals surface area contributed by atoms with E-state index in [0.29, 0.717) is 17.3 Å². The zero-order valence-corrected chi connectivity index (χ0v) is 16.5. The number of aryl methyl sites for hydroxylation is 1. The number of hydrogen-bond acceptors (Lipinski definition) is 4. The second-order valence-corrected chi connectivity index (χ2v) is 7.27. The lowest BCUT2D eigenvalue weighted by atomic mass is 9.82. The van der Waals surface area contributed by atoms with Crippen LogP contribution in [0.2, 0.25) is 0 Å². The van der Waals surface area contributed by atoms with Gasteiger partial charge in [-0.05, 0) is 37.8 Å². The van der Waals surface area contributed by atoms with E-state index >= 15 is 0 Å². The van der Waals surface area contributed by atoms with Gasteiger partial charge in [0.05, 0.1) is 5.39 Å². The van der Waals surface area contributed by atoms with Gasteiger partial charge >= 0.3 is 0 Å². The molecule has 1 atom stereocenters. The quantitative estimate of drug-likeness (QED) is 0.690. The van der Waals surface area contributed by atoms with Gasteiger partial charge < -0.3 is 0 Å². The van der Waals surface area contributed by atoms with Crippen molar-refractivity contribution < 1.29 is 4.79 Å². The second-order valence-electron chi connectivity index (χ2n) is 7.27. The van der Waals surface area contributed by atoms with Crippen molar-refractivity contribution in [3.63, 3.8) is 0 Å². The lowest BCUT2D eigenvalue weighted by molar-refractivity contribution is 0.0949. The second kappa shape index (κ2) is 8.39. The predicted molar refractivity (Wildman–Crippen MR) is 114 cm³/mol. The van der Waals surface area contributed by atoms with Crippen LogP contribution in [0.5, 0.6) is 0 Å². The van der Waals surface area contributed by atoms with E-state index < -0.39 is 5.91 Å². The van der Waals surface area contributed by atoms with Crippen molar-refractivity contribution in [2.45, 2.75) is 45.1 Å². The molecule has 0 radical (unpaired) electrons. The summed E-state index contributed by atoms with van der Waals surface area (Å²) in [5.41, 5.74) is 4.95. The highest BCUT2D eigenvalue weighted by atomic mass is 16.2. The number of carbonyl (C=O) groups is 1. The van der Waals surface area contributed by atoms with Crippen molar-refractivity contribution in [3.05, 3.63) is 76.2 Å². The Balaban J connectivity index is 1.66. The van der Waals surface area contributed by atoms with Crippen molar-refractivity contribution in [3.8, 4) is 0 Å². The van der Waals surface area contributed by atoms with Crippen LogP contribution >= 0.6 is 0 Å². The van der Waals surface area contributed by atoms with Gasteiger partial charge in [0.15, 0.2) is 5.69 Å². The molecule has 0 aliphatic heterocycles. The monoisotopic (exact) mass is 388 g/mol. The molecule has 1 amide bonds. The van der Waals surface area contributed by atoms with Gasteiger partial charge in [-0.2, -0.15) is 10.2 Å². The zero-order valence-electron chi connectivity index (χ0n) is 16.5. The number of nitrogens with zero attached hydrogens (tertiary/aromatic N) is 3. The molecule has 1 N–H and O–H groups in total. The Morgan fingerprint density at radius 3 is 2.59 bits per heavy atom. The first-order valence-electron chi connectivity index (χ1n) is 10.1. The number of carbonyl (C=O) groups excluding carboxylic acids is 1. The molecule has 2 aromatic carbocycles. The Kier molecular flexibility index (Phi) is 5.51. The van der Waals surface area contributed by atoms with Gasteiger partial charge in [0, 0.05) is 23.6 Å². The molecule has 1 fully saturated rings.